The Labute approximate surface area is 167 Å². The van der Waals surface area contributed by atoms with Gasteiger partial charge >= 0.3 is 0 Å². The van der Waals surface area contributed by atoms with Gasteiger partial charge in [0.15, 0.2) is 5.78 Å². The van der Waals surface area contributed by atoms with E-state index in [2.05, 4.69) is 70.9 Å². The van der Waals surface area contributed by atoms with Crippen molar-refractivity contribution in [2.75, 3.05) is 13.6 Å². The molecule has 0 aromatic heterocycles. The van der Waals surface area contributed by atoms with Crippen molar-refractivity contribution in [1.82, 2.24) is 4.90 Å². The van der Waals surface area contributed by atoms with E-state index in [-0.39, 0.29) is 23.0 Å². The number of carbonyl (C=O) groups excluding carboxylic acids is 1. The minimum Gasteiger partial charge on any atom is -0.508 e. The highest BCUT2D eigenvalue weighted by Crippen LogP contribution is 2.47. The van der Waals surface area contributed by atoms with Crippen LogP contribution in [0.15, 0.2) is 54.1 Å². The maximum atomic E-state index is 13.1. The van der Waals surface area contributed by atoms with E-state index >= 15 is 0 Å². The van der Waals surface area contributed by atoms with Crippen LogP contribution in [0.25, 0.3) is 6.08 Å². The fraction of sp³-hybridized carbons (Fsp3) is 0.318. The summed E-state index contributed by atoms with van der Waals surface area (Å²) >= 11 is 2.29. The predicted octanol–water partition coefficient (Wildman–Crippen LogP) is 4.39. The van der Waals surface area contributed by atoms with Crippen molar-refractivity contribution in [2.24, 2.45) is 0 Å². The molecule has 2 aromatic carbocycles. The van der Waals surface area contributed by atoms with Crippen molar-refractivity contribution in [3.8, 4) is 5.75 Å². The molecule has 26 heavy (non-hydrogen) atoms. The second-order valence-corrected chi connectivity index (χ2v) is 8.78. The third-order valence-corrected chi connectivity index (χ3v) is 6.61. The summed E-state index contributed by atoms with van der Waals surface area (Å²) in [6.07, 6.45) is 4.47. The summed E-state index contributed by atoms with van der Waals surface area (Å²) in [5.74, 6) is 0.509. The number of nitrogens with zero attached hydrogens (tertiary/aromatic N) is 1. The summed E-state index contributed by atoms with van der Waals surface area (Å²) in [7, 11) is 2.11. The number of Topliss-reactive ketones (excluding diaryl/α,β-unsaturated/α-hetero) is 1. The molecule has 1 saturated heterocycles. The number of rotatable bonds is 2. The number of halogens is 1. The molecule has 1 aliphatic heterocycles. The minimum atomic E-state index is -0.156. The molecule has 2 bridgehead atoms. The first-order valence-electron chi connectivity index (χ1n) is 8.97. The molecular weight excluding hydrogens is 437 g/mol. The molecule has 2 aromatic rings. The first-order valence-corrected chi connectivity index (χ1v) is 10.0. The fourth-order valence-electron chi connectivity index (χ4n) is 4.39. The largest absolute Gasteiger partial charge is 0.508 e. The molecule has 2 aliphatic rings. The number of hydrogen-bond acceptors (Lipinski definition) is 3. The summed E-state index contributed by atoms with van der Waals surface area (Å²) < 4.78 is 1.19. The smallest absolute Gasteiger partial charge is 0.161 e. The van der Waals surface area contributed by atoms with E-state index < -0.39 is 0 Å². The van der Waals surface area contributed by atoms with Crippen molar-refractivity contribution in [3.63, 3.8) is 0 Å². The van der Waals surface area contributed by atoms with Gasteiger partial charge < -0.3 is 5.11 Å². The van der Waals surface area contributed by atoms with E-state index in [1.807, 2.05) is 12.1 Å². The summed E-state index contributed by atoms with van der Waals surface area (Å²) in [6, 6.07) is 15.9. The summed E-state index contributed by atoms with van der Waals surface area (Å²) in [5, 5.41) is 9.92. The van der Waals surface area contributed by atoms with Crippen molar-refractivity contribution in [2.45, 2.75) is 30.7 Å². The number of aromatic hydroxyl groups is 1. The Morgan fingerprint density at radius 1 is 1.23 bits per heavy atom. The second-order valence-electron chi connectivity index (χ2n) is 7.53. The average Bonchev–Trinajstić information content (AvgIpc) is 2.63. The van der Waals surface area contributed by atoms with Crippen LogP contribution in [0, 0.1) is 3.57 Å². The number of phenols is 1. The third-order valence-electron chi connectivity index (χ3n) is 5.89. The third kappa shape index (κ3) is 3.21. The molecule has 3 nitrogen and oxygen atoms in total. The van der Waals surface area contributed by atoms with Crippen LogP contribution in [-0.2, 0) is 10.2 Å². The standard InChI is InChI=1S/C22H22INO2/c1-24-10-9-22(16-3-2-4-18(25)12-16)13-20(24)19(21(26)14-22)11-15-5-7-17(23)8-6-15/h2-8,11-12,20,25H,9-10,13-14H2,1H3/b19-11+/t20-,22+/m1/s1. The quantitative estimate of drug-likeness (QED) is 0.535. The number of piperidine rings is 1. The number of benzene rings is 2. The normalized spacial score (nSPS) is 27.7. The molecule has 4 heteroatoms. The lowest BCUT2D eigenvalue weighted by molar-refractivity contribution is -0.120. The lowest BCUT2D eigenvalue weighted by atomic mass is 9.61. The molecule has 2 atom stereocenters. The highest BCUT2D eigenvalue weighted by molar-refractivity contribution is 14.1. The number of hydrogen-bond donors (Lipinski definition) is 1. The Morgan fingerprint density at radius 2 is 2.00 bits per heavy atom. The van der Waals surface area contributed by atoms with E-state index in [0.29, 0.717) is 6.42 Å². The van der Waals surface area contributed by atoms with Gasteiger partial charge in [-0.1, -0.05) is 24.3 Å². The van der Waals surface area contributed by atoms with Gasteiger partial charge in [0, 0.05) is 27.0 Å². The van der Waals surface area contributed by atoms with E-state index in [1.54, 1.807) is 6.07 Å². The van der Waals surface area contributed by atoms with Gasteiger partial charge in [-0.3, -0.25) is 9.69 Å². The van der Waals surface area contributed by atoms with Crippen molar-refractivity contribution in [3.05, 3.63) is 68.8 Å². The zero-order valence-corrected chi connectivity index (χ0v) is 16.9. The van der Waals surface area contributed by atoms with Crippen LogP contribution in [0.5, 0.6) is 5.75 Å². The van der Waals surface area contributed by atoms with E-state index in [0.717, 1.165) is 36.1 Å². The number of carbonyl (C=O) groups is 1. The summed E-state index contributed by atoms with van der Waals surface area (Å²) in [6.45, 7) is 0.956. The molecular formula is C22H22INO2. The SMILES string of the molecule is CN1CC[C@@]2(c3cccc(O)c3)CC(=O)/C(=C/c3ccc(I)cc3)[C@H]1C2. The van der Waals surface area contributed by atoms with E-state index in [1.165, 1.54) is 3.57 Å². The Bertz CT molecular complexity index is 874. The van der Waals surface area contributed by atoms with Gasteiger partial charge in [0.05, 0.1) is 0 Å². The van der Waals surface area contributed by atoms with Gasteiger partial charge in [-0.05, 0) is 90.5 Å². The Morgan fingerprint density at radius 3 is 2.73 bits per heavy atom. The van der Waals surface area contributed by atoms with Crippen LogP contribution >= 0.6 is 22.6 Å². The molecule has 1 N–H and O–H groups in total. The van der Waals surface area contributed by atoms with Crippen LogP contribution in [0.1, 0.15) is 30.4 Å². The molecule has 1 aliphatic carbocycles. The van der Waals surface area contributed by atoms with Crippen molar-refractivity contribution in [1.29, 1.82) is 0 Å². The van der Waals surface area contributed by atoms with E-state index in [4.69, 9.17) is 0 Å². The zero-order chi connectivity index (χ0) is 18.3. The van der Waals surface area contributed by atoms with Gasteiger partial charge in [-0.2, -0.15) is 0 Å². The maximum absolute atomic E-state index is 13.1. The first-order chi connectivity index (χ1) is 12.5. The Kier molecular flexibility index (Phi) is 4.65. The van der Waals surface area contributed by atoms with Gasteiger partial charge in [0.2, 0.25) is 0 Å². The summed E-state index contributed by atoms with van der Waals surface area (Å²) in [4.78, 5) is 15.4. The van der Waals surface area contributed by atoms with Gasteiger partial charge in [-0.25, -0.2) is 0 Å². The van der Waals surface area contributed by atoms with Crippen LogP contribution in [0.2, 0.25) is 0 Å². The van der Waals surface area contributed by atoms with Crippen LogP contribution in [0.4, 0.5) is 0 Å². The average molecular weight is 459 g/mol. The Hall–Kier alpha value is -1.66. The van der Waals surface area contributed by atoms with Crippen LogP contribution < -0.4 is 0 Å². The lowest BCUT2D eigenvalue weighted by Gasteiger charge is -2.50. The lowest BCUT2D eigenvalue weighted by Crippen LogP contribution is -2.53. The molecule has 0 spiro atoms. The minimum absolute atomic E-state index is 0.131. The molecule has 0 radical (unpaired) electrons. The molecule has 1 saturated carbocycles. The van der Waals surface area contributed by atoms with Crippen LogP contribution in [0.3, 0.4) is 0 Å². The molecule has 4 rings (SSSR count). The number of likely N-dealkylation sites (N-methyl/N-ethyl adjacent to an activating group) is 1. The number of phenolic OH excluding ortho intramolecular Hbond substituents is 1. The fourth-order valence-corrected chi connectivity index (χ4v) is 4.75. The van der Waals surface area contributed by atoms with Gasteiger partial charge in [0.25, 0.3) is 0 Å². The van der Waals surface area contributed by atoms with E-state index in [9.17, 15) is 9.90 Å². The molecule has 0 unspecified atom stereocenters. The predicted molar refractivity (Wildman–Crippen MR) is 112 cm³/mol. The van der Waals surface area contributed by atoms with Crippen molar-refractivity contribution < 1.29 is 9.90 Å². The highest BCUT2D eigenvalue weighted by Gasteiger charge is 2.48. The molecule has 2 fully saturated rings. The number of likely N-dealkylation sites (tertiary alicyclic amines) is 1. The highest BCUT2D eigenvalue weighted by atomic mass is 127. The monoisotopic (exact) mass is 459 g/mol. The number of ketones is 1. The first kappa shape index (κ1) is 17.7. The summed E-state index contributed by atoms with van der Waals surface area (Å²) in [5.41, 5.74) is 2.94. The molecule has 0 amide bonds. The maximum Gasteiger partial charge on any atom is 0.161 e. The van der Waals surface area contributed by atoms with Crippen molar-refractivity contribution >= 4 is 34.5 Å². The van der Waals surface area contributed by atoms with Gasteiger partial charge in [-0.15, -0.1) is 0 Å². The zero-order valence-electron chi connectivity index (χ0n) is 14.8. The second kappa shape index (κ2) is 6.82. The van der Waals surface area contributed by atoms with Gasteiger partial charge in [0.1, 0.15) is 5.75 Å². The van der Waals surface area contributed by atoms with Crippen LogP contribution in [-0.4, -0.2) is 35.4 Å². The Balaban J connectivity index is 1.72. The number of fused-ring (bicyclic) bond motifs is 2. The topological polar surface area (TPSA) is 40.5 Å². The molecule has 134 valence electrons. The molecule has 1 heterocycles.